The van der Waals surface area contributed by atoms with Crippen molar-refractivity contribution in [3.63, 3.8) is 0 Å². The van der Waals surface area contributed by atoms with Gasteiger partial charge < -0.3 is 10.0 Å². The highest BCUT2D eigenvalue weighted by molar-refractivity contribution is 5.68. The molecular formula is C11H21NO2. The molecule has 0 radical (unpaired) electrons. The van der Waals surface area contributed by atoms with E-state index in [9.17, 15) is 4.79 Å². The SMILES string of the molecule is CCC(C)N(C)CC1(CC(=O)O)CC1. The highest BCUT2D eigenvalue weighted by Gasteiger charge is 2.45. The fraction of sp³-hybridized carbons (Fsp3) is 0.909. The molecule has 1 N–H and O–H groups in total. The van der Waals surface area contributed by atoms with Gasteiger partial charge in [-0.15, -0.1) is 0 Å². The zero-order valence-corrected chi connectivity index (χ0v) is 9.42. The summed E-state index contributed by atoms with van der Waals surface area (Å²) in [6.45, 7) is 5.29. The number of carboxylic acid groups (broad SMARTS) is 1. The van der Waals surface area contributed by atoms with Gasteiger partial charge in [-0.2, -0.15) is 0 Å². The molecule has 0 spiro atoms. The second-order valence-corrected chi connectivity index (χ2v) is 4.74. The Hall–Kier alpha value is -0.570. The number of hydrogen-bond donors (Lipinski definition) is 1. The van der Waals surface area contributed by atoms with E-state index < -0.39 is 5.97 Å². The smallest absolute Gasteiger partial charge is 0.303 e. The van der Waals surface area contributed by atoms with E-state index in [2.05, 4.69) is 25.8 Å². The summed E-state index contributed by atoms with van der Waals surface area (Å²) in [5.41, 5.74) is 0.101. The van der Waals surface area contributed by atoms with Crippen LogP contribution < -0.4 is 0 Å². The minimum atomic E-state index is -0.653. The maximum absolute atomic E-state index is 10.7. The van der Waals surface area contributed by atoms with Crippen LogP contribution >= 0.6 is 0 Å². The number of nitrogens with zero attached hydrogens (tertiary/aromatic N) is 1. The van der Waals surface area contributed by atoms with Gasteiger partial charge in [-0.1, -0.05) is 6.92 Å². The van der Waals surface area contributed by atoms with Gasteiger partial charge in [0.2, 0.25) is 0 Å². The third-order valence-electron chi connectivity index (χ3n) is 3.41. The van der Waals surface area contributed by atoms with Crippen LogP contribution in [0, 0.1) is 5.41 Å². The second-order valence-electron chi connectivity index (χ2n) is 4.74. The molecule has 0 aromatic carbocycles. The fourth-order valence-corrected chi connectivity index (χ4v) is 1.88. The fourth-order valence-electron chi connectivity index (χ4n) is 1.88. The number of hydrogen-bond acceptors (Lipinski definition) is 2. The highest BCUT2D eigenvalue weighted by Crippen LogP contribution is 2.49. The molecule has 0 aromatic rings. The number of carboxylic acids is 1. The summed E-state index contributed by atoms with van der Waals surface area (Å²) >= 11 is 0. The lowest BCUT2D eigenvalue weighted by Gasteiger charge is -2.27. The Morgan fingerprint density at radius 2 is 2.14 bits per heavy atom. The van der Waals surface area contributed by atoms with Crippen LogP contribution in [0.15, 0.2) is 0 Å². The van der Waals surface area contributed by atoms with E-state index in [0.717, 1.165) is 25.8 Å². The van der Waals surface area contributed by atoms with E-state index in [-0.39, 0.29) is 5.41 Å². The van der Waals surface area contributed by atoms with Crippen molar-refractivity contribution in [2.45, 2.75) is 45.6 Å². The van der Waals surface area contributed by atoms with E-state index in [0.29, 0.717) is 12.5 Å². The first-order valence-electron chi connectivity index (χ1n) is 5.41. The van der Waals surface area contributed by atoms with E-state index in [1.165, 1.54) is 0 Å². The van der Waals surface area contributed by atoms with Gasteiger partial charge in [-0.05, 0) is 38.6 Å². The van der Waals surface area contributed by atoms with Gasteiger partial charge in [0.15, 0.2) is 0 Å². The summed E-state index contributed by atoms with van der Waals surface area (Å²) in [5.74, 6) is -0.653. The summed E-state index contributed by atoms with van der Waals surface area (Å²) in [6, 6.07) is 0.557. The normalized spacial score (nSPS) is 20.9. The van der Waals surface area contributed by atoms with Crippen LogP contribution in [-0.2, 0) is 4.79 Å². The zero-order valence-electron chi connectivity index (χ0n) is 9.42. The van der Waals surface area contributed by atoms with Crippen molar-refractivity contribution in [3.05, 3.63) is 0 Å². The topological polar surface area (TPSA) is 40.5 Å². The molecule has 0 amide bonds. The summed E-state index contributed by atoms with van der Waals surface area (Å²) < 4.78 is 0. The van der Waals surface area contributed by atoms with E-state index >= 15 is 0 Å². The molecule has 1 fully saturated rings. The molecule has 1 unspecified atom stereocenters. The molecule has 1 aliphatic carbocycles. The monoisotopic (exact) mass is 199 g/mol. The predicted molar refractivity (Wildman–Crippen MR) is 56.3 cm³/mol. The first-order valence-corrected chi connectivity index (χ1v) is 5.41. The van der Waals surface area contributed by atoms with Crippen molar-refractivity contribution in [1.82, 2.24) is 4.90 Å². The average Bonchev–Trinajstić information content (AvgIpc) is 2.82. The summed E-state index contributed by atoms with van der Waals surface area (Å²) in [7, 11) is 2.09. The van der Waals surface area contributed by atoms with Crippen molar-refractivity contribution in [2.75, 3.05) is 13.6 Å². The van der Waals surface area contributed by atoms with E-state index in [1.807, 2.05) is 0 Å². The Kier molecular flexibility index (Phi) is 3.53. The van der Waals surface area contributed by atoms with Gasteiger partial charge in [0.1, 0.15) is 0 Å². The summed E-state index contributed by atoms with van der Waals surface area (Å²) in [6.07, 6.45) is 3.63. The minimum absolute atomic E-state index is 0.101. The van der Waals surface area contributed by atoms with Crippen LogP contribution in [0.2, 0.25) is 0 Å². The Labute approximate surface area is 86.1 Å². The molecule has 0 saturated heterocycles. The van der Waals surface area contributed by atoms with Gasteiger partial charge in [0.05, 0.1) is 6.42 Å². The predicted octanol–water partition coefficient (Wildman–Crippen LogP) is 1.97. The van der Waals surface area contributed by atoms with Crippen LogP contribution in [-0.4, -0.2) is 35.6 Å². The molecule has 3 nitrogen and oxygen atoms in total. The van der Waals surface area contributed by atoms with E-state index in [4.69, 9.17) is 5.11 Å². The van der Waals surface area contributed by atoms with Gasteiger partial charge in [-0.25, -0.2) is 0 Å². The first kappa shape index (κ1) is 11.5. The number of aliphatic carboxylic acids is 1. The number of rotatable bonds is 6. The largest absolute Gasteiger partial charge is 0.481 e. The Balaban J connectivity index is 2.39. The maximum Gasteiger partial charge on any atom is 0.303 e. The van der Waals surface area contributed by atoms with Gasteiger partial charge in [0, 0.05) is 12.6 Å². The Morgan fingerprint density at radius 1 is 1.57 bits per heavy atom. The van der Waals surface area contributed by atoms with Gasteiger partial charge in [-0.3, -0.25) is 4.79 Å². The Bertz CT molecular complexity index is 211. The van der Waals surface area contributed by atoms with Crippen LogP contribution in [0.25, 0.3) is 0 Å². The lowest BCUT2D eigenvalue weighted by atomic mass is 10.0. The van der Waals surface area contributed by atoms with Gasteiger partial charge >= 0.3 is 5.97 Å². The van der Waals surface area contributed by atoms with Crippen LogP contribution in [0.5, 0.6) is 0 Å². The third kappa shape index (κ3) is 2.98. The standard InChI is InChI=1S/C11H21NO2/c1-4-9(2)12(3)8-11(5-6-11)7-10(13)14/h9H,4-8H2,1-3H3,(H,13,14). The molecule has 0 aromatic heterocycles. The van der Waals surface area contributed by atoms with Crippen molar-refractivity contribution in [2.24, 2.45) is 5.41 Å². The van der Waals surface area contributed by atoms with Crippen molar-refractivity contribution < 1.29 is 9.90 Å². The maximum atomic E-state index is 10.7. The molecule has 1 saturated carbocycles. The van der Waals surface area contributed by atoms with Crippen molar-refractivity contribution in [1.29, 1.82) is 0 Å². The molecule has 1 aliphatic rings. The minimum Gasteiger partial charge on any atom is -0.481 e. The molecule has 0 bridgehead atoms. The summed E-state index contributed by atoms with van der Waals surface area (Å²) in [5, 5.41) is 8.78. The molecule has 82 valence electrons. The van der Waals surface area contributed by atoms with Crippen molar-refractivity contribution in [3.8, 4) is 0 Å². The third-order valence-corrected chi connectivity index (χ3v) is 3.41. The Morgan fingerprint density at radius 3 is 2.50 bits per heavy atom. The number of carbonyl (C=O) groups is 1. The molecule has 0 heterocycles. The quantitative estimate of drug-likeness (QED) is 0.711. The molecule has 1 atom stereocenters. The van der Waals surface area contributed by atoms with E-state index in [1.54, 1.807) is 0 Å². The zero-order chi connectivity index (χ0) is 10.8. The molecule has 3 heteroatoms. The van der Waals surface area contributed by atoms with Crippen LogP contribution in [0.4, 0.5) is 0 Å². The second kappa shape index (κ2) is 4.30. The molecule has 14 heavy (non-hydrogen) atoms. The van der Waals surface area contributed by atoms with Crippen molar-refractivity contribution >= 4 is 5.97 Å². The first-order chi connectivity index (χ1) is 6.49. The molecular weight excluding hydrogens is 178 g/mol. The molecule has 1 rings (SSSR count). The van der Waals surface area contributed by atoms with Crippen LogP contribution in [0.1, 0.15) is 39.5 Å². The van der Waals surface area contributed by atoms with Gasteiger partial charge in [0.25, 0.3) is 0 Å². The molecule has 0 aliphatic heterocycles. The lowest BCUT2D eigenvalue weighted by Crippen LogP contribution is -2.34. The highest BCUT2D eigenvalue weighted by atomic mass is 16.4. The lowest BCUT2D eigenvalue weighted by molar-refractivity contribution is -0.138. The van der Waals surface area contributed by atoms with Crippen LogP contribution in [0.3, 0.4) is 0 Å². The summed E-state index contributed by atoms with van der Waals surface area (Å²) in [4.78, 5) is 12.9. The average molecular weight is 199 g/mol.